The third kappa shape index (κ3) is 3.47. The Hall–Kier alpha value is -0.910. The number of nitrogens with zero attached hydrogens (tertiary/aromatic N) is 2. The first-order valence-electron chi connectivity index (χ1n) is 8.86. The standard InChI is InChI=1S/C17H29N3O2S/c1-14(21)20-11-10-19(13-16(20)6-4-3-5-7-16)15(22)18-12-17(23-2)8-9-17/h3-13H2,1-2H3,(H,18,22). The first-order chi connectivity index (χ1) is 11.0. The molecule has 0 atom stereocenters. The molecule has 1 saturated heterocycles. The topological polar surface area (TPSA) is 52.7 Å². The highest BCUT2D eigenvalue weighted by atomic mass is 32.2. The summed E-state index contributed by atoms with van der Waals surface area (Å²) < 4.78 is 0.291. The number of rotatable bonds is 3. The largest absolute Gasteiger partial charge is 0.337 e. The molecule has 1 heterocycles. The summed E-state index contributed by atoms with van der Waals surface area (Å²) >= 11 is 1.87. The second kappa shape index (κ2) is 6.54. The number of nitrogens with one attached hydrogen (secondary N) is 1. The summed E-state index contributed by atoms with van der Waals surface area (Å²) in [6.45, 7) is 4.47. The van der Waals surface area contributed by atoms with Gasteiger partial charge in [0.1, 0.15) is 0 Å². The zero-order valence-electron chi connectivity index (χ0n) is 14.4. The van der Waals surface area contributed by atoms with Crippen LogP contribution in [0, 0.1) is 0 Å². The molecule has 3 amide bonds. The second-order valence-corrected chi connectivity index (χ2v) is 8.70. The van der Waals surface area contributed by atoms with Crippen molar-refractivity contribution in [1.82, 2.24) is 15.1 Å². The molecule has 6 heteroatoms. The van der Waals surface area contributed by atoms with Crippen molar-refractivity contribution in [2.75, 3.05) is 32.4 Å². The zero-order valence-corrected chi connectivity index (χ0v) is 15.2. The van der Waals surface area contributed by atoms with Gasteiger partial charge in [0, 0.05) is 37.8 Å². The molecule has 1 aliphatic heterocycles. The van der Waals surface area contributed by atoms with E-state index in [2.05, 4.69) is 11.6 Å². The van der Waals surface area contributed by atoms with Gasteiger partial charge < -0.3 is 15.1 Å². The molecule has 130 valence electrons. The average Bonchev–Trinajstić information content (AvgIpc) is 3.33. The summed E-state index contributed by atoms with van der Waals surface area (Å²) in [5.74, 6) is 0.159. The number of hydrogen-bond acceptors (Lipinski definition) is 3. The molecule has 2 saturated carbocycles. The molecule has 2 aliphatic carbocycles. The van der Waals surface area contributed by atoms with Crippen LogP contribution in [0.2, 0.25) is 0 Å². The van der Waals surface area contributed by atoms with Crippen molar-refractivity contribution in [3.05, 3.63) is 0 Å². The molecule has 1 spiro atoms. The van der Waals surface area contributed by atoms with Gasteiger partial charge in [0.05, 0.1) is 5.54 Å². The van der Waals surface area contributed by atoms with Gasteiger partial charge in [-0.15, -0.1) is 0 Å². The summed E-state index contributed by atoms with van der Waals surface area (Å²) in [6, 6.07) is 0.0541. The molecule has 5 nitrogen and oxygen atoms in total. The van der Waals surface area contributed by atoms with Crippen LogP contribution in [0.1, 0.15) is 51.9 Å². The molecule has 0 bridgehead atoms. The van der Waals surface area contributed by atoms with Crippen LogP contribution in [-0.2, 0) is 4.79 Å². The van der Waals surface area contributed by atoms with Crippen LogP contribution >= 0.6 is 11.8 Å². The van der Waals surface area contributed by atoms with Gasteiger partial charge in [-0.3, -0.25) is 4.79 Å². The lowest BCUT2D eigenvalue weighted by Crippen LogP contribution is -2.66. The highest BCUT2D eigenvalue weighted by Gasteiger charge is 2.46. The Morgan fingerprint density at radius 1 is 1.09 bits per heavy atom. The van der Waals surface area contributed by atoms with Gasteiger partial charge in [-0.25, -0.2) is 4.79 Å². The fraction of sp³-hybridized carbons (Fsp3) is 0.882. The first kappa shape index (κ1) is 16.9. The van der Waals surface area contributed by atoms with E-state index >= 15 is 0 Å². The zero-order chi connectivity index (χ0) is 16.5. The van der Waals surface area contributed by atoms with Gasteiger partial charge in [0.15, 0.2) is 0 Å². The second-order valence-electron chi connectivity index (χ2n) is 7.42. The van der Waals surface area contributed by atoms with E-state index in [-0.39, 0.29) is 17.5 Å². The quantitative estimate of drug-likeness (QED) is 0.859. The van der Waals surface area contributed by atoms with E-state index in [1.54, 1.807) is 6.92 Å². The van der Waals surface area contributed by atoms with Gasteiger partial charge in [-0.05, 0) is 31.9 Å². The van der Waals surface area contributed by atoms with Crippen molar-refractivity contribution in [2.24, 2.45) is 0 Å². The van der Waals surface area contributed by atoms with Crippen LogP contribution in [0.4, 0.5) is 4.79 Å². The number of amides is 3. The van der Waals surface area contributed by atoms with Crippen molar-refractivity contribution in [3.63, 3.8) is 0 Å². The molecule has 0 aromatic carbocycles. The normalized spacial score (nSPS) is 25.3. The Morgan fingerprint density at radius 3 is 2.35 bits per heavy atom. The lowest BCUT2D eigenvalue weighted by Gasteiger charge is -2.52. The summed E-state index contributed by atoms with van der Waals surface area (Å²) in [7, 11) is 0. The molecular formula is C17H29N3O2S. The minimum atomic E-state index is -0.115. The highest BCUT2D eigenvalue weighted by Crippen LogP contribution is 2.46. The van der Waals surface area contributed by atoms with Crippen LogP contribution in [0.15, 0.2) is 0 Å². The third-order valence-corrected chi connectivity index (χ3v) is 7.32. The Bertz CT molecular complexity index is 472. The number of carbonyl (C=O) groups is 2. The van der Waals surface area contributed by atoms with E-state index in [1.807, 2.05) is 21.6 Å². The van der Waals surface area contributed by atoms with E-state index in [1.165, 1.54) is 19.3 Å². The molecule has 0 aromatic heterocycles. The molecule has 23 heavy (non-hydrogen) atoms. The summed E-state index contributed by atoms with van der Waals surface area (Å²) in [4.78, 5) is 28.6. The maximum Gasteiger partial charge on any atom is 0.317 e. The third-order valence-electron chi connectivity index (χ3n) is 5.91. The number of hydrogen-bond donors (Lipinski definition) is 1. The number of urea groups is 1. The lowest BCUT2D eigenvalue weighted by molar-refractivity contribution is -0.141. The Balaban J connectivity index is 1.63. The van der Waals surface area contributed by atoms with Crippen LogP contribution in [-0.4, -0.2) is 64.5 Å². The smallest absolute Gasteiger partial charge is 0.317 e. The fourth-order valence-electron chi connectivity index (χ4n) is 4.22. The Morgan fingerprint density at radius 2 is 1.78 bits per heavy atom. The van der Waals surface area contributed by atoms with Crippen LogP contribution in [0.3, 0.4) is 0 Å². The number of carbonyl (C=O) groups excluding carboxylic acids is 2. The number of piperazine rings is 1. The lowest BCUT2D eigenvalue weighted by atomic mass is 9.78. The molecule has 0 radical (unpaired) electrons. The van der Waals surface area contributed by atoms with E-state index in [0.717, 1.165) is 32.2 Å². The van der Waals surface area contributed by atoms with Crippen molar-refractivity contribution in [3.8, 4) is 0 Å². The SMILES string of the molecule is CSC1(CNC(=O)N2CCN(C(C)=O)C3(CCCCC3)C2)CC1. The van der Waals surface area contributed by atoms with E-state index in [4.69, 9.17) is 0 Å². The van der Waals surface area contributed by atoms with Gasteiger partial charge in [-0.1, -0.05) is 19.3 Å². The highest BCUT2D eigenvalue weighted by molar-refractivity contribution is 8.00. The molecule has 3 fully saturated rings. The van der Waals surface area contributed by atoms with Crippen molar-refractivity contribution in [2.45, 2.75) is 62.2 Å². The molecule has 1 N–H and O–H groups in total. The van der Waals surface area contributed by atoms with Crippen LogP contribution in [0.5, 0.6) is 0 Å². The molecule has 3 aliphatic rings. The van der Waals surface area contributed by atoms with Crippen molar-refractivity contribution >= 4 is 23.7 Å². The van der Waals surface area contributed by atoms with Gasteiger partial charge in [-0.2, -0.15) is 11.8 Å². The average molecular weight is 340 g/mol. The molecule has 3 rings (SSSR count). The van der Waals surface area contributed by atoms with Gasteiger partial charge in [0.2, 0.25) is 5.91 Å². The van der Waals surface area contributed by atoms with E-state index in [9.17, 15) is 9.59 Å². The molecule has 0 unspecified atom stereocenters. The number of thioether (sulfide) groups is 1. The first-order valence-corrected chi connectivity index (χ1v) is 10.1. The monoisotopic (exact) mass is 339 g/mol. The maximum atomic E-state index is 12.6. The minimum absolute atomic E-state index is 0.0541. The van der Waals surface area contributed by atoms with E-state index < -0.39 is 0 Å². The van der Waals surface area contributed by atoms with Crippen LogP contribution in [0.25, 0.3) is 0 Å². The molecular weight excluding hydrogens is 310 g/mol. The summed E-state index contributed by atoms with van der Waals surface area (Å²) in [6.07, 6.45) is 10.2. The maximum absolute atomic E-state index is 12.6. The fourth-order valence-corrected chi connectivity index (χ4v) is 4.95. The van der Waals surface area contributed by atoms with Crippen LogP contribution < -0.4 is 5.32 Å². The predicted molar refractivity (Wildman–Crippen MR) is 93.7 cm³/mol. The Labute approximate surface area is 143 Å². The minimum Gasteiger partial charge on any atom is -0.337 e. The van der Waals surface area contributed by atoms with E-state index in [0.29, 0.717) is 24.4 Å². The predicted octanol–water partition coefficient (Wildman–Crippen LogP) is 2.46. The Kier molecular flexibility index (Phi) is 4.81. The van der Waals surface area contributed by atoms with Gasteiger partial charge >= 0.3 is 6.03 Å². The molecule has 0 aromatic rings. The van der Waals surface area contributed by atoms with Gasteiger partial charge in [0.25, 0.3) is 0 Å². The van der Waals surface area contributed by atoms with Crippen molar-refractivity contribution < 1.29 is 9.59 Å². The van der Waals surface area contributed by atoms with Crippen molar-refractivity contribution in [1.29, 1.82) is 0 Å². The summed E-state index contributed by atoms with van der Waals surface area (Å²) in [5.41, 5.74) is -0.115. The summed E-state index contributed by atoms with van der Waals surface area (Å²) in [5, 5.41) is 3.13.